The topological polar surface area (TPSA) is 55.2 Å². The van der Waals surface area contributed by atoms with E-state index in [1.807, 2.05) is 36.4 Å². The minimum absolute atomic E-state index is 0.0254. The number of fused-ring (bicyclic) bond motifs is 2. The van der Waals surface area contributed by atoms with Crippen LogP contribution in [0.15, 0.2) is 59.4 Å². The van der Waals surface area contributed by atoms with Gasteiger partial charge in [0.1, 0.15) is 11.9 Å². The van der Waals surface area contributed by atoms with Crippen molar-refractivity contribution in [2.24, 2.45) is 0 Å². The van der Waals surface area contributed by atoms with Crippen molar-refractivity contribution >= 4 is 16.8 Å². The maximum atomic E-state index is 12.8. The molecule has 1 atom stereocenters. The average molecular weight is 333 g/mol. The number of benzene rings is 2. The molecule has 2 aromatic carbocycles. The van der Waals surface area contributed by atoms with Crippen molar-refractivity contribution in [2.45, 2.75) is 25.9 Å². The second-order valence-electron chi connectivity index (χ2n) is 6.39. The number of para-hydroxylation sites is 1. The Bertz CT molecular complexity index is 995. The fourth-order valence-corrected chi connectivity index (χ4v) is 3.42. The second kappa shape index (κ2) is 6.16. The molecule has 1 aliphatic rings. The maximum absolute atomic E-state index is 12.8. The van der Waals surface area contributed by atoms with Gasteiger partial charge in [0.25, 0.3) is 5.56 Å². The third kappa shape index (κ3) is 2.71. The molecule has 0 bridgehead atoms. The summed E-state index contributed by atoms with van der Waals surface area (Å²) in [7, 11) is 0. The highest BCUT2D eigenvalue weighted by Gasteiger charge is 2.31. The number of hydrogen-bond acceptors (Lipinski definition) is 3. The van der Waals surface area contributed by atoms with Crippen molar-refractivity contribution < 1.29 is 4.79 Å². The average Bonchev–Trinajstić information content (AvgIpc) is 2.64. The van der Waals surface area contributed by atoms with Gasteiger partial charge in [0.05, 0.1) is 17.4 Å². The molecule has 1 amide bonds. The Balaban J connectivity index is 1.67. The van der Waals surface area contributed by atoms with Gasteiger partial charge in [-0.15, -0.1) is 0 Å². The lowest BCUT2D eigenvalue weighted by Crippen LogP contribution is -2.47. The molecule has 4 rings (SSSR count). The first-order valence-electron chi connectivity index (χ1n) is 8.48. The molecule has 2 heterocycles. The number of rotatable bonds is 3. The molecule has 0 radical (unpaired) electrons. The lowest BCUT2D eigenvalue weighted by molar-refractivity contribution is -0.137. The molecule has 25 heavy (non-hydrogen) atoms. The highest BCUT2D eigenvalue weighted by Crippen LogP contribution is 2.21. The van der Waals surface area contributed by atoms with Crippen LogP contribution in [0.2, 0.25) is 0 Å². The van der Waals surface area contributed by atoms with E-state index < -0.39 is 6.04 Å². The standard InChI is InChI=1S/C20H19N3O2/c1-14-19(24)22(12-11-15-7-3-2-4-8-15)13-18-21-17-10-6-5-9-16(17)20(25)23(14)18/h2-10,14H,11-13H2,1H3/t14-/m1/s1. The summed E-state index contributed by atoms with van der Waals surface area (Å²) in [5.41, 5.74) is 1.74. The summed E-state index contributed by atoms with van der Waals surface area (Å²) in [5, 5.41) is 0.559. The summed E-state index contributed by atoms with van der Waals surface area (Å²) < 4.78 is 1.55. The van der Waals surface area contributed by atoms with E-state index in [9.17, 15) is 9.59 Å². The predicted molar refractivity (Wildman–Crippen MR) is 96.3 cm³/mol. The van der Waals surface area contributed by atoms with E-state index in [2.05, 4.69) is 17.1 Å². The van der Waals surface area contributed by atoms with Crippen LogP contribution in [-0.2, 0) is 17.8 Å². The number of hydrogen-bond donors (Lipinski definition) is 0. The van der Waals surface area contributed by atoms with Crippen LogP contribution in [0, 0.1) is 0 Å². The quantitative estimate of drug-likeness (QED) is 0.740. The van der Waals surface area contributed by atoms with Crippen molar-refractivity contribution in [3.8, 4) is 0 Å². The smallest absolute Gasteiger partial charge is 0.262 e. The molecular formula is C20H19N3O2. The van der Waals surface area contributed by atoms with Gasteiger partial charge >= 0.3 is 0 Å². The van der Waals surface area contributed by atoms with Crippen molar-refractivity contribution in [1.82, 2.24) is 14.5 Å². The molecule has 0 aliphatic carbocycles. The highest BCUT2D eigenvalue weighted by molar-refractivity contribution is 5.83. The van der Waals surface area contributed by atoms with Gasteiger partial charge in [0.2, 0.25) is 5.91 Å². The summed E-state index contributed by atoms with van der Waals surface area (Å²) in [5.74, 6) is 0.631. The van der Waals surface area contributed by atoms with E-state index in [0.29, 0.717) is 29.8 Å². The van der Waals surface area contributed by atoms with Crippen LogP contribution in [0.4, 0.5) is 0 Å². The maximum Gasteiger partial charge on any atom is 0.262 e. The molecule has 1 aliphatic heterocycles. The normalized spacial score (nSPS) is 16.9. The van der Waals surface area contributed by atoms with E-state index >= 15 is 0 Å². The number of carbonyl (C=O) groups is 1. The molecule has 1 aromatic heterocycles. The summed E-state index contributed by atoms with van der Waals surface area (Å²) in [6.07, 6.45) is 0.789. The minimum Gasteiger partial charge on any atom is -0.333 e. The predicted octanol–water partition coefficient (Wildman–Crippen LogP) is 2.54. The van der Waals surface area contributed by atoms with Crippen LogP contribution in [0.3, 0.4) is 0 Å². The van der Waals surface area contributed by atoms with E-state index in [4.69, 9.17) is 0 Å². The molecular weight excluding hydrogens is 314 g/mol. The van der Waals surface area contributed by atoms with Gasteiger partial charge in [-0.3, -0.25) is 14.2 Å². The fourth-order valence-electron chi connectivity index (χ4n) is 3.42. The summed E-state index contributed by atoms with van der Waals surface area (Å²) in [6, 6.07) is 16.9. The van der Waals surface area contributed by atoms with E-state index in [1.54, 1.807) is 22.5 Å². The Labute approximate surface area is 145 Å². The van der Waals surface area contributed by atoms with Crippen LogP contribution >= 0.6 is 0 Å². The number of aromatic nitrogens is 2. The zero-order valence-corrected chi connectivity index (χ0v) is 14.1. The lowest BCUT2D eigenvalue weighted by atomic mass is 10.1. The number of amides is 1. The van der Waals surface area contributed by atoms with Crippen molar-refractivity contribution in [1.29, 1.82) is 0 Å². The van der Waals surface area contributed by atoms with Crippen LogP contribution in [0.5, 0.6) is 0 Å². The van der Waals surface area contributed by atoms with Gasteiger partial charge in [0.15, 0.2) is 0 Å². The minimum atomic E-state index is -0.524. The molecule has 0 spiro atoms. The molecule has 0 unspecified atom stereocenters. The van der Waals surface area contributed by atoms with Crippen LogP contribution in [-0.4, -0.2) is 26.9 Å². The van der Waals surface area contributed by atoms with Gasteiger partial charge in [-0.25, -0.2) is 4.98 Å². The molecule has 0 saturated carbocycles. The van der Waals surface area contributed by atoms with Gasteiger partial charge in [-0.2, -0.15) is 0 Å². The monoisotopic (exact) mass is 333 g/mol. The molecule has 5 heteroatoms. The Morgan fingerprint density at radius 2 is 1.76 bits per heavy atom. The third-order valence-corrected chi connectivity index (χ3v) is 4.78. The Morgan fingerprint density at radius 3 is 2.56 bits per heavy atom. The third-order valence-electron chi connectivity index (χ3n) is 4.78. The zero-order chi connectivity index (χ0) is 17.4. The van der Waals surface area contributed by atoms with Gasteiger partial charge in [-0.05, 0) is 31.0 Å². The Morgan fingerprint density at radius 1 is 1.04 bits per heavy atom. The van der Waals surface area contributed by atoms with Gasteiger partial charge in [0, 0.05) is 6.54 Å². The molecule has 3 aromatic rings. The molecule has 0 N–H and O–H groups in total. The molecule has 0 fully saturated rings. The first-order chi connectivity index (χ1) is 12.1. The summed E-state index contributed by atoms with van der Waals surface area (Å²) >= 11 is 0. The van der Waals surface area contributed by atoms with Crippen LogP contribution < -0.4 is 5.56 Å². The van der Waals surface area contributed by atoms with Crippen molar-refractivity contribution in [3.05, 3.63) is 76.3 Å². The molecule has 0 saturated heterocycles. The largest absolute Gasteiger partial charge is 0.333 e. The Hall–Kier alpha value is -2.95. The fraction of sp³-hybridized carbons (Fsp3) is 0.250. The van der Waals surface area contributed by atoms with Gasteiger partial charge in [-0.1, -0.05) is 42.5 Å². The van der Waals surface area contributed by atoms with Gasteiger partial charge < -0.3 is 4.90 Å². The highest BCUT2D eigenvalue weighted by atomic mass is 16.2. The first kappa shape index (κ1) is 15.6. The molecule has 5 nitrogen and oxygen atoms in total. The summed E-state index contributed by atoms with van der Waals surface area (Å²) in [4.78, 5) is 31.9. The van der Waals surface area contributed by atoms with Crippen LogP contribution in [0.1, 0.15) is 24.4 Å². The number of nitrogens with zero attached hydrogens (tertiary/aromatic N) is 3. The SMILES string of the molecule is C[C@@H]1C(=O)N(CCc2ccccc2)Cc2nc3ccccc3c(=O)n21. The molecule has 126 valence electrons. The second-order valence-corrected chi connectivity index (χ2v) is 6.39. The van der Waals surface area contributed by atoms with E-state index in [1.165, 1.54) is 5.56 Å². The first-order valence-corrected chi connectivity index (χ1v) is 8.48. The Kier molecular flexibility index (Phi) is 3.84. The van der Waals surface area contributed by atoms with E-state index in [-0.39, 0.29) is 11.5 Å². The van der Waals surface area contributed by atoms with Crippen molar-refractivity contribution in [2.75, 3.05) is 6.54 Å². The van der Waals surface area contributed by atoms with Crippen LogP contribution in [0.25, 0.3) is 10.9 Å². The van der Waals surface area contributed by atoms with E-state index in [0.717, 1.165) is 6.42 Å². The lowest BCUT2D eigenvalue weighted by Gasteiger charge is -2.33. The number of carbonyl (C=O) groups excluding carboxylic acids is 1. The van der Waals surface area contributed by atoms with Crippen molar-refractivity contribution in [3.63, 3.8) is 0 Å². The zero-order valence-electron chi connectivity index (χ0n) is 14.1. The summed E-state index contributed by atoms with van der Waals surface area (Å²) in [6.45, 7) is 2.77.